The van der Waals surface area contributed by atoms with E-state index < -0.39 is 0 Å². The highest BCUT2D eigenvalue weighted by atomic mass is 79.9. The van der Waals surface area contributed by atoms with Gasteiger partial charge in [0.2, 0.25) is 0 Å². The summed E-state index contributed by atoms with van der Waals surface area (Å²) in [6.07, 6.45) is 0. The summed E-state index contributed by atoms with van der Waals surface area (Å²) in [5.41, 5.74) is 9.03. The fourth-order valence-electron chi connectivity index (χ4n) is 2.00. The predicted octanol–water partition coefficient (Wildman–Crippen LogP) is 4.88. The molecule has 19 heavy (non-hydrogen) atoms. The van der Waals surface area contributed by atoms with Crippen LogP contribution in [0.5, 0.6) is 0 Å². The molecule has 1 unspecified atom stereocenters. The zero-order chi connectivity index (χ0) is 14.0. The lowest BCUT2D eigenvalue weighted by atomic mass is 10.1. The number of nitrogens with zero attached hydrogens (tertiary/aromatic N) is 1. The number of nitrogens with two attached hydrogens (primary N) is 1. The summed E-state index contributed by atoms with van der Waals surface area (Å²) in [7, 11) is 2.04. The van der Waals surface area contributed by atoms with Gasteiger partial charge in [-0.15, -0.1) is 0 Å². The number of halogens is 2. The van der Waals surface area contributed by atoms with Gasteiger partial charge in [-0.2, -0.15) is 0 Å². The minimum Gasteiger partial charge on any atom is -0.397 e. The maximum absolute atomic E-state index is 6.05. The van der Waals surface area contributed by atoms with Gasteiger partial charge in [0.15, 0.2) is 0 Å². The number of rotatable bonds is 3. The lowest BCUT2D eigenvalue weighted by Crippen LogP contribution is -2.22. The summed E-state index contributed by atoms with van der Waals surface area (Å²) in [6, 6.07) is 14.0. The van der Waals surface area contributed by atoms with Gasteiger partial charge in [0, 0.05) is 16.5 Å². The summed E-state index contributed by atoms with van der Waals surface area (Å²) in [4.78, 5) is 2.16. The third-order valence-corrected chi connectivity index (χ3v) is 4.05. The van der Waals surface area contributed by atoms with Crippen molar-refractivity contribution in [2.45, 2.75) is 13.0 Å². The van der Waals surface area contributed by atoms with Crippen molar-refractivity contribution in [2.24, 2.45) is 0 Å². The molecule has 0 aliphatic carbocycles. The van der Waals surface area contributed by atoms with E-state index >= 15 is 0 Å². The Balaban J connectivity index is 2.30. The van der Waals surface area contributed by atoms with Crippen LogP contribution in [0.2, 0.25) is 5.02 Å². The average Bonchev–Trinajstić information content (AvgIpc) is 2.41. The van der Waals surface area contributed by atoms with E-state index in [0.29, 0.717) is 0 Å². The standard InChI is InChI=1S/C15H16BrClN2/c1-10(11-3-6-13(17)7-4-11)19(2)15-9-12(16)5-8-14(15)18/h3-10H,18H2,1-2H3. The van der Waals surface area contributed by atoms with Gasteiger partial charge in [-0.3, -0.25) is 0 Å². The summed E-state index contributed by atoms with van der Waals surface area (Å²) in [6.45, 7) is 2.14. The van der Waals surface area contributed by atoms with Gasteiger partial charge in [-0.05, 0) is 42.8 Å². The van der Waals surface area contributed by atoms with E-state index in [-0.39, 0.29) is 6.04 Å². The minimum absolute atomic E-state index is 0.217. The molecule has 4 heteroatoms. The van der Waals surface area contributed by atoms with Crippen molar-refractivity contribution >= 4 is 38.9 Å². The fraction of sp³-hybridized carbons (Fsp3) is 0.200. The highest BCUT2D eigenvalue weighted by Crippen LogP contribution is 2.32. The Morgan fingerprint density at radius 1 is 1.16 bits per heavy atom. The number of benzene rings is 2. The van der Waals surface area contributed by atoms with Crippen molar-refractivity contribution in [3.05, 3.63) is 57.5 Å². The van der Waals surface area contributed by atoms with Crippen LogP contribution in [-0.2, 0) is 0 Å². The molecular weight excluding hydrogens is 324 g/mol. The van der Waals surface area contributed by atoms with E-state index in [2.05, 4.69) is 27.8 Å². The molecule has 0 amide bonds. The summed E-state index contributed by atoms with van der Waals surface area (Å²) < 4.78 is 1.02. The Bertz CT molecular complexity index is 569. The largest absolute Gasteiger partial charge is 0.397 e. The first-order valence-corrected chi connectivity index (χ1v) is 7.19. The maximum Gasteiger partial charge on any atom is 0.0613 e. The van der Waals surface area contributed by atoms with Crippen LogP contribution in [0, 0.1) is 0 Å². The second-order valence-corrected chi connectivity index (χ2v) is 5.89. The third kappa shape index (κ3) is 3.23. The molecule has 0 spiro atoms. The van der Waals surface area contributed by atoms with Gasteiger partial charge in [0.1, 0.15) is 0 Å². The number of anilines is 2. The summed E-state index contributed by atoms with van der Waals surface area (Å²) >= 11 is 9.40. The van der Waals surface area contributed by atoms with Crippen LogP contribution < -0.4 is 10.6 Å². The molecule has 0 saturated carbocycles. The Morgan fingerprint density at radius 2 is 1.79 bits per heavy atom. The highest BCUT2D eigenvalue weighted by molar-refractivity contribution is 9.10. The Hall–Kier alpha value is -1.19. The van der Waals surface area contributed by atoms with Gasteiger partial charge < -0.3 is 10.6 Å². The van der Waals surface area contributed by atoms with Crippen LogP contribution in [0.3, 0.4) is 0 Å². The maximum atomic E-state index is 6.05. The van der Waals surface area contributed by atoms with Gasteiger partial charge in [-0.1, -0.05) is 39.7 Å². The molecule has 2 N–H and O–H groups in total. The van der Waals surface area contributed by atoms with E-state index in [1.807, 2.05) is 49.5 Å². The first kappa shape index (κ1) is 14.2. The van der Waals surface area contributed by atoms with Crippen molar-refractivity contribution in [1.29, 1.82) is 0 Å². The molecule has 1 atom stereocenters. The van der Waals surface area contributed by atoms with Gasteiger partial charge in [0.05, 0.1) is 17.4 Å². The lowest BCUT2D eigenvalue weighted by molar-refractivity contribution is 0.740. The monoisotopic (exact) mass is 338 g/mol. The SMILES string of the molecule is CC(c1ccc(Cl)cc1)N(C)c1cc(Br)ccc1N. The number of hydrogen-bond acceptors (Lipinski definition) is 2. The first-order valence-electron chi connectivity index (χ1n) is 6.02. The molecule has 0 radical (unpaired) electrons. The molecule has 0 aromatic heterocycles. The zero-order valence-electron chi connectivity index (χ0n) is 10.9. The van der Waals surface area contributed by atoms with Crippen molar-refractivity contribution in [3.8, 4) is 0 Å². The molecule has 2 aromatic rings. The van der Waals surface area contributed by atoms with Crippen molar-refractivity contribution in [1.82, 2.24) is 0 Å². The van der Waals surface area contributed by atoms with Crippen molar-refractivity contribution < 1.29 is 0 Å². The topological polar surface area (TPSA) is 29.3 Å². The van der Waals surface area contributed by atoms with Crippen LogP contribution in [0.1, 0.15) is 18.5 Å². The molecule has 0 aliphatic heterocycles. The summed E-state index contributed by atoms with van der Waals surface area (Å²) in [5.74, 6) is 0. The molecule has 2 nitrogen and oxygen atoms in total. The van der Waals surface area contributed by atoms with Gasteiger partial charge >= 0.3 is 0 Å². The Labute approximate surface area is 127 Å². The molecule has 0 bridgehead atoms. The molecule has 2 rings (SSSR count). The molecule has 2 aromatic carbocycles. The Morgan fingerprint density at radius 3 is 2.42 bits per heavy atom. The van der Waals surface area contributed by atoms with Gasteiger partial charge in [-0.25, -0.2) is 0 Å². The van der Waals surface area contributed by atoms with Crippen LogP contribution in [-0.4, -0.2) is 7.05 Å². The normalized spacial score (nSPS) is 12.2. The second-order valence-electron chi connectivity index (χ2n) is 4.54. The van der Waals surface area contributed by atoms with Crippen molar-refractivity contribution in [3.63, 3.8) is 0 Å². The second kappa shape index (κ2) is 5.85. The number of hydrogen-bond donors (Lipinski definition) is 1. The molecular formula is C15H16BrClN2. The first-order chi connectivity index (χ1) is 8.99. The predicted molar refractivity (Wildman–Crippen MR) is 86.8 cm³/mol. The zero-order valence-corrected chi connectivity index (χ0v) is 13.2. The lowest BCUT2D eigenvalue weighted by Gasteiger charge is -2.28. The van der Waals surface area contributed by atoms with E-state index in [9.17, 15) is 0 Å². The van der Waals surface area contributed by atoms with Gasteiger partial charge in [0.25, 0.3) is 0 Å². The quantitative estimate of drug-likeness (QED) is 0.807. The highest BCUT2D eigenvalue weighted by Gasteiger charge is 2.14. The molecule has 0 saturated heterocycles. The fourth-order valence-corrected chi connectivity index (χ4v) is 2.47. The smallest absolute Gasteiger partial charge is 0.0613 e. The summed E-state index contributed by atoms with van der Waals surface area (Å²) in [5, 5.41) is 0.751. The minimum atomic E-state index is 0.217. The van der Waals surface area contributed by atoms with E-state index in [4.69, 9.17) is 17.3 Å². The molecule has 0 aliphatic rings. The van der Waals surface area contributed by atoms with Crippen LogP contribution >= 0.6 is 27.5 Å². The molecule has 0 heterocycles. The van der Waals surface area contributed by atoms with E-state index in [0.717, 1.165) is 20.9 Å². The van der Waals surface area contributed by atoms with Crippen molar-refractivity contribution in [2.75, 3.05) is 17.7 Å². The number of nitrogen functional groups attached to an aromatic ring is 1. The molecule has 100 valence electrons. The van der Waals surface area contributed by atoms with Crippen LogP contribution in [0.15, 0.2) is 46.9 Å². The van der Waals surface area contributed by atoms with Crippen LogP contribution in [0.25, 0.3) is 0 Å². The van der Waals surface area contributed by atoms with E-state index in [1.54, 1.807) is 0 Å². The Kier molecular flexibility index (Phi) is 4.38. The van der Waals surface area contributed by atoms with E-state index in [1.165, 1.54) is 5.56 Å². The van der Waals surface area contributed by atoms with Crippen LogP contribution in [0.4, 0.5) is 11.4 Å². The third-order valence-electron chi connectivity index (χ3n) is 3.31. The molecule has 0 fully saturated rings. The average molecular weight is 340 g/mol.